The molecule has 1 atom stereocenters. The highest BCUT2D eigenvalue weighted by atomic mass is 32.2. The first kappa shape index (κ1) is 20.4. The van der Waals surface area contributed by atoms with Crippen molar-refractivity contribution in [1.29, 1.82) is 0 Å². The third kappa shape index (κ3) is 4.72. The lowest BCUT2D eigenvalue weighted by Gasteiger charge is -2.34. The third-order valence-corrected chi connectivity index (χ3v) is 6.93. The second kappa shape index (κ2) is 8.75. The molecule has 0 aliphatic carbocycles. The maximum Gasteiger partial charge on any atom is 0.243 e. The van der Waals surface area contributed by atoms with E-state index < -0.39 is 10.0 Å². The van der Waals surface area contributed by atoms with Crippen molar-refractivity contribution in [3.8, 4) is 5.75 Å². The number of aryl methyl sites for hydroxylation is 1. The van der Waals surface area contributed by atoms with Crippen LogP contribution in [0.5, 0.6) is 5.75 Å². The summed E-state index contributed by atoms with van der Waals surface area (Å²) >= 11 is 0. The number of hydrogen-bond donors (Lipinski definition) is 1. The molecule has 0 saturated carbocycles. The Morgan fingerprint density at radius 3 is 2.61 bits per heavy atom. The molecular weight excluding hydrogens is 376 g/mol. The van der Waals surface area contributed by atoms with E-state index in [2.05, 4.69) is 5.32 Å². The molecule has 1 N–H and O–H groups in total. The molecule has 6 nitrogen and oxygen atoms in total. The first-order valence-electron chi connectivity index (χ1n) is 9.42. The van der Waals surface area contributed by atoms with Gasteiger partial charge in [-0.3, -0.25) is 4.79 Å². The molecule has 150 valence electrons. The molecule has 0 radical (unpaired) electrons. The fourth-order valence-electron chi connectivity index (χ4n) is 3.53. The highest BCUT2D eigenvalue weighted by Crippen LogP contribution is 2.28. The monoisotopic (exact) mass is 402 g/mol. The van der Waals surface area contributed by atoms with Gasteiger partial charge in [0.05, 0.1) is 12.0 Å². The number of sulfonamides is 1. The fraction of sp³-hybridized carbons (Fsp3) is 0.381. The van der Waals surface area contributed by atoms with Crippen LogP contribution in [0, 0.1) is 6.92 Å². The minimum Gasteiger partial charge on any atom is -0.497 e. The van der Waals surface area contributed by atoms with Gasteiger partial charge in [-0.05, 0) is 61.7 Å². The van der Waals surface area contributed by atoms with Crippen LogP contribution < -0.4 is 10.1 Å². The standard InChI is InChI=1S/C21H26N2O4S/c1-16-6-5-7-17(14-16)22-21(24)15-18-8-3-4-13-23(18)28(25,26)20-11-9-19(27-2)10-12-20/h5-7,9-12,14,18H,3-4,8,13,15H2,1-2H3,(H,22,24)/t18-/m0/s1. The quantitative estimate of drug-likeness (QED) is 0.801. The Morgan fingerprint density at radius 2 is 1.93 bits per heavy atom. The van der Waals surface area contributed by atoms with Gasteiger partial charge in [0.25, 0.3) is 0 Å². The Balaban J connectivity index is 1.74. The summed E-state index contributed by atoms with van der Waals surface area (Å²) in [6.07, 6.45) is 2.53. The van der Waals surface area contributed by atoms with Crippen LogP contribution in [0.25, 0.3) is 0 Å². The van der Waals surface area contributed by atoms with Crippen molar-refractivity contribution >= 4 is 21.6 Å². The van der Waals surface area contributed by atoms with Gasteiger partial charge < -0.3 is 10.1 Å². The molecule has 0 spiro atoms. The smallest absolute Gasteiger partial charge is 0.243 e. The Kier molecular flexibility index (Phi) is 6.36. The molecule has 1 fully saturated rings. The average molecular weight is 403 g/mol. The van der Waals surface area contributed by atoms with Gasteiger partial charge in [-0.2, -0.15) is 4.31 Å². The Morgan fingerprint density at radius 1 is 1.18 bits per heavy atom. The molecule has 1 heterocycles. The van der Waals surface area contributed by atoms with Crippen molar-refractivity contribution in [2.75, 3.05) is 19.0 Å². The number of amides is 1. The van der Waals surface area contributed by atoms with Gasteiger partial charge in [-0.25, -0.2) is 8.42 Å². The van der Waals surface area contributed by atoms with Crippen molar-refractivity contribution in [2.24, 2.45) is 0 Å². The van der Waals surface area contributed by atoms with Crippen LogP contribution in [-0.4, -0.2) is 38.3 Å². The number of nitrogens with one attached hydrogen (secondary N) is 1. The number of anilines is 1. The third-order valence-electron chi connectivity index (χ3n) is 4.96. The van der Waals surface area contributed by atoms with E-state index in [1.54, 1.807) is 24.3 Å². The molecule has 1 amide bonds. The molecule has 0 unspecified atom stereocenters. The van der Waals surface area contributed by atoms with Gasteiger partial charge in [0.1, 0.15) is 5.75 Å². The number of ether oxygens (including phenoxy) is 1. The van der Waals surface area contributed by atoms with Crippen LogP contribution in [0.3, 0.4) is 0 Å². The lowest BCUT2D eigenvalue weighted by atomic mass is 10.0. The summed E-state index contributed by atoms with van der Waals surface area (Å²) in [5.41, 5.74) is 1.78. The van der Waals surface area contributed by atoms with Crippen LogP contribution in [-0.2, 0) is 14.8 Å². The normalized spacial score (nSPS) is 17.9. The van der Waals surface area contributed by atoms with E-state index in [9.17, 15) is 13.2 Å². The molecule has 7 heteroatoms. The van der Waals surface area contributed by atoms with Crippen molar-refractivity contribution in [2.45, 2.75) is 43.5 Å². The van der Waals surface area contributed by atoms with E-state index in [-0.39, 0.29) is 23.3 Å². The molecular formula is C21H26N2O4S. The van der Waals surface area contributed by atoms with Gasteiger partial charge in [-0.15, -0.1) is 0 Å². The first-order chi connectivity index (χ1) is 13.4. The van der Waals surface area contributed by atoms with Gasteiger partial charge in [0.15, 0.2) is 0 Å². The number of hydrogen-bond acceptors (Lipinski definition) is 4. The van der Waals surface area contributed by atoms with Gasteiger partial charge >= 0.3 is 0 Å². The first-order valence-corrected chi connectivity index (χ1v) is 10.9. The van der Waals surface area contributed by atoms with Gasteiger partial charge in [0, 0.05) is 24.7 Å². The van der Waals surface area contributed by atoms with E-state index in [1.165, 1.54) is 11.4 Å². The lowest BCUT2D eigenvalue weighted by Crippen LogP contribution is -2.45. The van der Waals surface area contributed by atoms with Crippen LogP contribution in [0.15, 0.2) is 53.4 Å². The highest BCUT2D eigenvalue weighted by molar-refractivity contribution is 7.89. The van der Waals surface area contributed by atoms with Crippen LogP contribution in [0.2, 0.25) is 0 Å². The zero-order valence-electron chi connectivity index (χ0n) is 16.2. The fourth-order valence-corrected chi connectivity index (χ4v) is 5.22. The summed E-state index contributed by atoms with van der Waals surface area (Å²) in [4.78, 5) is 12.8. The maximum atomic E-state index is 13.1. The van der Waals surface area contributed by atoms with Crippen molar-refractivity contribution < 1.29 is 17.9 Å². The zero-order chi connectivity index (χ0) is 20.1. The van der Waals surface area contributed by atoms with Gasteiger partial charge in [-0.1, -0.05) is 18.6 Å². The Hall–Kier alpha value is -2.38. The van der Waals surface area contributed by atoms with Gasteiger partial charge in [0.2, 0.25) is 15.9 Å². The highest BCUT2D eigenvalue weighted by Gasteiger charge is 2.34. The molecule has 0 aromatic heterocycles. The van der Waals surface area contributed by atoms with Crippen LogP contribution in [0.1, 0.15) is 31.2 Å². The second-order valence-electron chi connectivity index (χ2n) is 7.06. The molecule has 28 heavy (non-hydrogen) atoms. The van der Waals surface area contributed by atoms with E-state index in [1.807, 2.05) is 31.2 Å². The summed E-state index contributed by atoms with van der Waals surface area (Å²) in [5, 5.41) is 2.88. The molecule has 1 aliphatic rings. The minimum absolute atomic E-state index is 0.142. The molecule has 1 saturated heterocycles. The van der Waals surface area contributed by atoms with Crippen LogP contribution >= 0.6 is 0 Å². The largest absolute Gasteiger partial charge is 0.497 e. The van der Waals surface area contributed by atoms with Crippen molar-refractivity contribution in [3.63, 3.8) is 0 Å². The molecule has 1 aliphatic heterocycles. The number of piperidine rings is 1. The Labute approximate surface area is 166 Å². The van der Waals surface area contributed by atoms with Crippen LogP contribution in [0.4, 0.5) is 5.69 Å². The molecule has 3 rings (SSSR count). The minimum atomic E-state index is -3.66. The number of carbonyl (C=O) groups is 1. The van der Waals surface area contributed by atoms with Crippen molar-refractivity contribution in [3.05, 3.63) is 54.1 Å². The lowest BCUT2D eigenvalue weighted by molar-refractivity contribution is -0.117. The predicted molar refractivity (Wildman–Crippen MR) is 109 cm³/mol. The van der Waals surface area contributed by atoms with E-state index in [0.29, 0.717) is 18.7 Å². The number of benzene rings is 2. The molecule has 0 bridgehead atoms. The van der Waals surface area contributed by atoms with Crippen molar-refractivity contribution in [1.82, 2.24) is 4.31 Å². The van der Waals surface area contributed by atoms with E-state index in [4.69, 9.17) is 4.74 Å². The van der Waals surface area contributed by atoms with E-state index >= 15 is 0 Å². The molecule has 2 aromatic carbocycles. The maximum absolute atomic E-state index is 13.1. The Bertz CT molecular complexity index is 926. The molecule has 2 aromatic rings. The van der Waals surface area contributed by atoms with E-state index in [0.717, 1.165) is 24.1 Å². The summed E-state index contributed by atoms with van der Waals surface area (Å²) in [6, 6.07) is 13.6. The number of nitrogens with zero attached hydrogens (tertiary/aromatic N) is 1. The zero-order valence-corrected chi connectivity index (χ0v) is 17.0. The summed E-state index contributed by atoms with van der Waals surface area (Å²) in [5.74, 6) is 0.430. The summed E-state index contributed by atoms with van der Waals surface area (Å²) in [7, 11) is -2.12. The number of methoxy groups -OCH3 is 1. The number of carbonyl (C=O) groups excluding carboxylic acids is 1. The summed E-state index contributed by atoms with van der Waals surface area (Å²) in [6.45, 7) is 2.39. The summed E-state index contributed by atoms with van der Waals surface area (Å²) < 4.78 is 32.9. The topological polar surface area (TPSA) is 75.7 Å². The SMILES string of the molecule is COc1ccc(S(=O)(=O)N2CCCC[C@H]2CC(=O)Nc2cccc(C)c2)cc1. The average Bonchev–Trinajstić information content (AvgIpc) is 2.68. The number of rotatable bonds is 6. The second-order valence-corrected chi connectivity index (χ2v) is 8.95. The predicted octanol–water partition coefficient (Wildman–Crippen LogP) is 3.58.